The molecule has 0 saturated carbocycles. The fourth-order valence-electron chi connectivity index (χ4n) is 2.13. The molecule has 2 amide bonds. The molecule has 0 unspecified atom stereocenters. The molecule has 0 bridgehead atoms. The van der Waals surface area contributed by atoms with Gasteiger partial charge in [0, 0.05) is 5.69 Å². The predicted octanol–water partition coefficient (Wildman–Crippen LogP) is 2.57. The van der Waals surface area contributed by atoms with Crippen molar-refractivity contribution in [3.05, 3.63) is 66.7 Å². The molecule has 1 aliphatic heterocycles. The first-order valence-corrected chi connectivity index (χ1v) is 5.77. The van der Waals surface area contributed by atoms with E-state index in [-0.39, 0.29) is 11.8 Å². The normalized spacial score (nSPS) is 13.6. The molecule has 0 fully saturated rings. The van der Waals surface area contributed by atoms with E-state index in [0.717, 1.165) is 0 Å². The summed E-state index contributed by atoms with van der Waals surface area (Å²) in [5.74, 6) is -0.594. The van der Waals surface area contributed by atoms with Crippen LogP contribution in [-0.4, -0.2) is 11.8 Å². The number of nitrogens with one attached hydrogen (secondary N) is 1. The van der Waals surface area contributed by atoms with Crippen molar-refractivity contribution >= 4 is 23.2 Å². The third-order valence-corrected chi connectivity index (χ3v) is 3.09. The van der Waals surface area contributed by atoms with Gasteiger partial charge in [-0.15, -0.1) is 0 Å². The molecule has 92 valence electrons. The number of benzene rings is 2. The predicted molar refractivity (Wildman–Crippen MR) is 71.9 cm³/mol. The molecule has 0 aliphatic carbocycles. The van der Waals surface area contributed by atoms with E-state index in [1.807, 2.05) is 0 Å². The van der Waals surface area contributed by atoms with Gasteiger partial charge in [-0.3, -0.25) is 9.59 Å². The van der Waals surface area contributed by atoms with Crippen LogP contribution in [0.15, 0.2) is 48.5 Å². The quantitative estimate of drug-likeness (QED) is 0.658. The summed E-state index contributed by atoms with van der Waals surface area (Å²) in [6.07, 6.45) is 0. The van der Waals surface area contributed by atoms with Crippen LogP contribution in [0.3, 0.4) is 0 Å². The van der Waals surface area contributed by atoms with E-state index in [2.05, 4.69) is 5.32 Å². The molecule has 1 N–H and O–H groups in total. The van der Waals surface area contributed by atoms with E-state index >= 15 is 0 Å². The molecule has 19 heavy (non-hydrogen) atoms. The molecule has 2 radical (unpaired) electrons. The second-order valence-corrected chi connectivity index (χ2v) is 4.18. The molecule has 2 aromatic rings. The number of fused-ring (bicyclic) bond motifs is 1. The second kappa shape index (κ2) is 4.24. The van der Waals surface area contributed by atoms with Crippen LogP contribution in [0.4, 0.5) is 11.4 Å². The highest BCUT2D eigenvalue weighted by Gasteiger charge is 2.36. The van der Waals surface area contributed by atoms with Gasteiger partial charge in [0.25, 0.3) is 11.8 Å². The van der Waals surface area contributed by atoms with E-state index < -0.39 is 0 Å². The molecule has 0 atom stereocenters. The number of carbonyl (C=O) groups is 2. The number of nitrogens with zero attached hydrogens (tertiary/aromatic N) is 1. The molecule has 0 saturated heterocycles. The monoisotopic (exact) mass is 250 g/mol. The van der Waals surface area contributed by atoms with Crippen LogP contribution in [0.2, 0.25) is 0 Å². The van der Waals surface area contributed by atoms with Crippen LogP contribution >= 0.6 is 0 Å². The summed E-state index contributed by atoms with van der Waals surface area (Å²) >= 11 is 0. The van der Waals surface area contributed by atoms with Crippen LogP contribution in [0.25, 0.3) is 0 Å². The maximum absolute atomic E-state index is 12.2. The number of anilines is 2. The van der Waals surface area contributed by atoms with Crippen molar-refractivity contribution in [2.24, 2.45) is 0 Å². The van der Waals surface area contributed by atoms with Crippen molar-refractivity contribution in [3.63, 3.8) is 0 Å². The summed E-state index contributed by atoms with van der Waals surface area (Å²) in [5.41, 5.74) is 2.12. The van der Waals surface area contributed by atoms with Crippen molar-refractivity contribution in [3.8, 4) is 0 Å². The maximum atomic E-state index is 12.2. The Morgan fingerprint density at radius 3 is 1.84 bits per heavy atom. The Kier molecular flexibility index (Phi) is 2.56. The van der Waals surface area contributed by atoms with Crippen LogP contribution in [0.5, 0.6) is 0 Å². The minimum Gasteiger partial charge on any atom is -0.378 e. The third kappa shape index (κ3) is 1.69. The van der Waals surface area contributed by atoms with Gasteiger partial charge in [0.2, 0.25) is 0 Å². The van der Waals surface area contributed by atoms with Crippen molar-refractivity contribution in [1.82, 2.24) is 0 Å². The molecule has 4 nitrogen and oxygen atoms in total. The Morgan fingerprint density at radius 2 is 1.37 bits per heavy atom. The zero-order valence-electron chi connectivity index (χ0n) is 9.96. The maximum Gasteiger partial charge on any atom is 0.266 e. The number of carbonyl (C=O) groups excluding carboxylic acids is 2. The zero-order valence-corrected chi connectivity index (χ0v) is 9.96. The lowest BCUT2D eigenvalue weighted by Crippen LogP contribution is -2.29. The van der Waals surface area contributed by atoms with E-state index in [4.69, 9.17) is 7.05 Å². The summed E-state index contributed by atoms with van der Waals surface area (Å²) in [6.45, 7) is 0. The van der Waals surface area contributed by atoms with Gasteiger partial charge < -0.3 is 5.32 Å². The lowest BCUT2D eigenvalue weighted by atomic mass is 10.1. The van der Waals surface area contributed by atoms with Gasteiger partial charge in [0.15, 0.2) is 0 Å². The second-order valence-electron chi connectivity index (χ2n) is 4.18. The molecule has 1 aliphatic rings. The van der Waals surface area contributed by atoms with Gasteiger partial charge in [-0.05, 0) is 36.4 Å². The van der Waals surface area contributed by atoms with Gasteiger partial charge >= 0.3 is 0 Å². The molecule has 0 spiro atoms. The SMILES string of the molecule is [CH]Nc1ccc(N2C(=O)c3ccccc3C2=O)cc1. The van der Waals surface area contributed by atoms with Gasteiger partial charge in [0.1, 0.15) is 0 Å². The number of amides is 2. The highest BCUT2D eigenvalue weighted by molar-refractivity contribution is 6.34. The van der Waals surface area contributed by atoms with E-state index in [0.29, 0.717) is 22.5 Å². The first kappa shape index (κ1) is 11.5. The number of imide groups is 1. The lowest BCUT2D eigenvalue weighted by molar-refractivity contribution is 0.0926. The first-order chi connectivity index (χ1) is 9.22. The molecule has 1 heterocycles. The molecule has 2 aromatic carbocycles. The van der Waals surface area contributed by atoms with Crippen molar-refractivity contribution in [2.45, 2.75) is 0 Å². The average Bonchev–Trinajstić information content (AvgIpc) is 2.72. The average molecular weight is 250 g/mol. The van der Waals surface area contributed by atoms with E-state index in [1.54, 1.807) is 48.5 Å². The van der Waals surface area contributed by atoms with Crippen molar-refractivity contribution in [1.29, 1.82) is 0 Å². The van der Waals surface area contributed by atoms with Gasteiger partial charge in [-0.25, -0.2) is 4.90 Å². The third-order valence-electron chi connectivity index (χ3n) is 3.09. The number of hydrogen-bond acceptors (Lipinski definition) is 3. The Balaban J connectivity index is 2.03. The van der Waals surface area contributed by atoms with E-state index in [9.17, 15) is 9.59 Å². The fourth-order valence-corrected chi connectivity index (χ4v) is 2.13. The Bertz CT molecular complexity index is 627. The standard InChI is InChI=1S/C15H10N2O2/c1-16-10-6-8-11(9-7-10)17-14(18)12-4-2-3-5-13(12)15(17)19/h1-9,16H. The summed E-state index contributed by atoms with van der Waals surface area (Å²) < 4.78 is 0. The molecular formula is C15H10N2O2. The van der Waals surface area contributed by atoms with Gasteiger partial charge in [-0.1, -0.05) is 12.1 Å². The van der Waals surface area contributed by atoms with Crippen LogP contribution in [0.1, 0.15) is 20.7 Å². The van der Waals surface area contributed by atoms with Crippen LogP contribution in [0, 0.1) is 7.05 Å². The van der Waals surface area contributed by atoms with Crippen LogP contribution in [-0.2, 0) is 0 Å². The highest BCUT2D eigenvalue weighted by atomic mass is 16.2. The summed E-state index contributed by atoms with van der Waals surface area (Å²) in [6, 6.07) is 13.6. The topological polar surface area (TPSA) is 49.4 Å². The van der Waals surface area contributed by atoms with E-state index in [1.165, 1.54) is 4.90 Å². The minimum absolute atomic E-state index is 0.297. The van der Waals surface area contributed by atoms with Crippen LogP contribution < -0.4 is 10.2 Å². The minimum atomic E-state index is -0.297. The fraction of sp³-hybridized carbons (Fsp3) is 0. The Labute approximate surface area is 110 Å². The summed E-state index contributed by atoms with van der Waals surface area (Å²) in [7, 11) is 5.28. The summed E-state index contributed by atoms with van der Waals surface area (Å²) in [5, 5.41) is 2.50. The number of hydrogen-bond donors (Lipinski definition) is 1. The molecular weight excluding hydrogens is 240 g/mol. The van der Waals surface area contributed by atoms with Gasteiger partial charge in [-0.2, -0.15) is 0 Å². The number of rotatable bonds is 2. The largest absolute Gasteiger partial charge is 0.378 e. The lowest BCUT2D eigenvalue weighted by Gasteiger charge is -2.14. The molecule has 3 rings (SSSR count). The van der Waals surface area contributed by atoms with Crippen molar-refractivity contribution in [2.75, 3.05) is 10.2 Å². The van der Waals surface area contributed by atoms with Crippen molar-refractivity contribution < 1.29 is 9.59 Å². The Hall–Kier alpha value is -2.62. The summed E-state index contributed by atoms with van der Waals surface area (Å²) in [4.78, 5) is 25.6. The highest BCUT2D eigenvalue weighted by Crippen LogP contribution is 2.28. The molecule has 0 aromatic heterocycles. The first-order valence-electron chi connectivity index (χ1n) is 5.77. The Morgan fingerprint density at radius 1 is 0.842 bits per heavy atom. The molecule has 4 heteroatoms. The van der Waals surface area contributed by atoms with Gasteiger partial charge in [0.05, 0.1) is 23.9 Å². The smallest absolute Gasteiger partial charge is 0.266 e. The zero-order chi connectivity index (χ0) is 13.4.